The number of carbonyl (C=O) groups is 2. The van der Waals surface area contributed by atoms with E-state index in [9.17, 15) is 14.0 Å². The van der Waals surface area contributed by atoms with Gasteiger partial charge in [-0.05, 0) is 48.2 Å². The molecular formula is C29H31FN2O3. The number of hydrogen-bond donors (Lipinski definition) is 1. The first-order valence-electron chi connectivity index (χ1n) is 12.1. The van der Waals surface area contributed by atoms with Crippen LogP contribution < -0.4 is 10.1 Å². The van der Waals surface area contributed by atoms with E-state index in [1.807, 2.05) is 48.5 Å². The molecule has 0 aromatic heterocycles. The van der Waals surface area contributed by atoms with E-state index in [-0.39, 0.29) is 36.8 Å². The lowest BCUT2D eigenvalue weighted by Crippen LogP contribution is -2.53. The highest BCUT2D eigenvalue weighted by atomic mass is 19.1. The van der Waals surface area contributed by atoms with Crippen LogP contribution in [0.1, 0.15) is 36.8 Å². The highest BCUT2D eigenvalue weighted by Gasteiger charge is 2.32. The molecule has 1 unspecified atom stereocenters. The molecule has 5 nitrogen and oxygen atoms in total. The summed E-state index contributed by atoms with van der Waals surface area (Å²) in [5.41, 5.74) is 1.70. The van der Waals surface area contributed by atoms with Crippen molar-refractivity contribution in [2.75, 3.05) is 6.61 Å². The fourth-order valence-corrected chi connectivity index (χ4v) is 4.45. The minimum atomic E-state index is -0.727. The number of nitrogens with one attached hydrogen (secondary N) is 1. The van der Waals surface area contributed by atoms with E-state index < -0.39 is 6.04 Å². The van der Waals surface area contributed by atoms with Crippen LogP contribution in [0.2, 0.25) is 0 Å². The Morgan fingerprint density at radius 3 is 2.17 bits per heavy atom. The number of ether oxygens (including phenoxy) is 1. The smallest absolute Gasteiger partial charge is 0.261 e. The summed E-state index contributed by atoms with van der Waals surface area (Å²) < 4.78 is 19.3. The van der Waals surface area contributed by atoms with Gasteiger partial charge in [0.25, 0.3) is 5.91 Å². The van der Waals surface area contributed by atoms with Gasteiger partial charge in [0.1, 0.15) is 17.6 Å². The average Bonchev–Trinajstić information content (AvgIpc) is 3.40. The molecule has 0 aliphatic heterocycles. The molecule has 1 N–H and O–H groups in total. The molecule has 6 heteroatoms. The number of para-hydroxylation sites is 1. The third-order valence-corrected chi connectivity index (χ3v) is 6.34. The highest BCUT2D eigenvalue weighted by molar-refractivity contribution is 5.88. The minimum absolute atomic E-state index is 0.129. The Hall–Kier alpha value is -3.67. The molecule has 3 aromatic rings. The van der Waals surface area contributed by atoms with Crippen molar-refractivity contribution in [2.45, 2.75) is 50.7 Å². The molecule has 0 heterocycles. The Kier molecular flexibility index (Phi) is 8.49. The summed E-state index contributed by atoms with van der Waals surface area (Å²) >= 11 is 0. The number of hydrogen-bond acceptors (Lipinski definition) is 3. The summed E-state index contributed by atoms with van der Waals surface area (Å²) in [7, 11) is 0. The van der Waals surface area contributed by atoms with Crippen molar-refractivity contribution < 1.29 is 18.7 Å². The first-order valence-corrected chi connectivity index (χ1v) is 12.1. The zero-order chi connectivity index (χ0) is 24.5. The van der Waals surface area contributed by atoms with Crippen molar-refractivity contribution in [3.63, 3.8) is 0 Å². The average molecular weight is 475 g/mol. The molecule has 0 spiro atoms. The SMILES string of the molecule is O=C(NC1CCCC1)C(Cc1ccccc1)N(Cc1ccc(F)cc1)C(=O)COc1ccccc1. The maximum atomic E-state index is 13.6. The minimum Gasteiger partial charge on any atom is -0.484 e. The second kappa shape index (κ2) is 12.2. The molecule has 182 valence electrons. The maximum Gasteiger partial charge on any atom is 0.261 e. The van der Waals surface area contributed by atoms with Gasteiger partial charge in [-0.3, -0.25) is 9.59 Å². The lowest BCUT2D eigenvalue weighted by Gasteiger charge is -2.32. The predicted molar refractivity (Wildman–Crippen MR) is 133 cm³/mol. The predicted octanol–water partition coefficient (Wildman–Crippen LogP) is 4.90. The number of rotatable bonds is 10. The molecule has 0 radical (unpaired) electrons. The second-order valence-electron chi connectivity index (χ2n) is 8.95. The quantitative estimate of drug-likeness (QED) is 0.455. The monoisotopic (exact) mass is 474 g/mol. The zero-order valence-corrected chi connectivity index (χ0v) is 19.7. The molecule has 2 amide bonds. The molecule has 3 aromatic carbocycles. The number of halogens is 1. The molecule has 0 bridgehead atoms. The van der Waals surface area contributed by atoms with Gasteiger partial charge in [0.05, 0.1) is 0 Å². The van der Waals surface area contributed by atoms with Crippen LogP contribution in [0.25, 0.3) is 0 Å². The van der Waals surface area contributed by atoms with E-state index in [0.717, 1.165) is 36.8 Å². The second-order valence-corrected chi connectivity index (χ2v) is 8.95. The topological polar surface area (TPSA) is 58.6 Å². The van der Waals surface area contributed by atoms with E-state index in [1.54, 1.807) is 29.2 Å². The van der Waals surface area contributed by atoms with Crippen LogP contribution in [-0.2, 0) is 22.6 Å². The van der Waals surface area contributed by atoms with Gasteiger partial charge in [-0.1, -0.05) is 73.5 Å². The van der Waals surface area contributed by atoms with Crippen LogP contribution in [0.15, 0.2) is 84.9 Å². The third-order valence-electron chi connectivity index (χ3n) is 6.34. The molecule has 4 rings (SSSR count). The lowest BCUT2D eigenvalue weighted by molar-refractivity contribution is -0.143. The molecule has 1 atom stereocenters. The van der Waals surface area contributed by atoms with Gasteiger partial charge in [0.2, 0.25) is 5.91 Å². The van der Waals surface area contributed by atoms with E-state index in [0.29, 0.717) is 12.2 Å². The molecule has 1 aliphatic rings. The molecule has 1 fully saturated rings. The van der Waals surface area contributed by atoms with Gasteiger partial charge in [0, 0.05) is 19.0 Å². The molecule has 35 heavy (non-hydrogen) atoms. The fourth-order valence-electron chi connectivity index (χ4n) is 4.45. The van der Waals surface area contributed by atoms with E-state index in [1.165, 1.54) is 12.1 Å². The first-order chi connectivity index (χ1) is 17.1. The van der Waals surface area contributed by atoms with Crippen molar-refractivity contribution in [1.29, 1.82) is 0 Å². The van der Waals surface area contributed by atoms with Gasteiger partial charge in [-0.2, -0.15) is 0 Å². The Bertz CT molecular complexity index is 1080. The van der Waals surface area contributed by atoms with Gasteiger partial charge in [-0.25, -0.2) is 4.39 Å². The summed E-state index contributed by atoms with van der Waals surface area (Å²) in [6, 6.07) is 24.2. The van der Waals surface area contributed by atoms with Gasteiger partial charge >= 0.3 is 0 Å². The summed E-state index contributed by atoms with van der Waals surface area (Å²) in [5, 5.41) is 3.17. The Morgan fingerprint density at radius 1 is 0.886 bits per heavy atom. The van der Waals surface area contributed by atoms with Crippen molar-refractivity contribution in [1.82, 2.24) is 10.2 Å². The number of nitrogens with zero attached hydrogens (tertiary/aromatic N) is 1. The normalized spacial score (nSPS) is 14.3. The Labute approximate surface area is 205 Å². The fraction of sp³-hybridized carbons (Fsp3) is 0.310. The summed E-state index contributed by atoms with van der Waals surface area (Å²) in [5.74, 6) is -0.243. The largest absolute Gasteiger partial charge is 0.484 e. The van der Waals surface area contributed by atoms with E-state index in [2.05, 4.69) is 5.32 Å². The Morgan fingerprint density at radius 2 is 1.51 bits per heavy atom. The molecule has 1 saturated carbocycles. The molecular weight excluding hydrogens is 443 g/mol. The van der Waals surface area contributed by atoms with Crippen LogP contribution in [0, 0.1) is 5.82 Å². The van der Waals surface area contributed by atoms with Crippen LogP contribution in [-0.4, -0.2) is 35.4 Å². The summed E-state index contributed by atoms with van der Waals surface area (Å²) in [6.07, 6.45) is 4.46. The van der Waals surface area contributed by atoms with Crippen LogP contribution in [0.4, 0.5) is 4.39 Å². The van der Waals surface area contributed by atoms with Crippen molar-refractivity contribution >= 4 is 11.8 Å². The van der Waals surface area contributed by atoms with E-state index >= 15 is 0 Å². The third kappa shape index (κ3) is 7.15. The number of carbonyl (C=O) groups excluding carboxylic acids is 2. The van der Waals surface area contributed by atoms with Gasteiger partial charge in [0.15, 0.2) is 6.61 Å². The first kappa shape index (κ1) is 24.5. The maximum absolute atomic E-state index is 13.6. The van der Waals surface area contributed by atoms with Crippen molar-refractivity contribution in [3.05, 3.63) is 102 Å². The highest BCUT2D eigenvalue weighted by Crippen LogP contribution is 2.20. The summed E-state index contributed by atoms with van der Waals surface area (Å²) in [6.45, 7) is -0.0277. The van der Waals surface area contributed by atoms with Crippen molar-refractivity contribution in [2.24, 2.45) is 0 Å². The van der Waals surface area contributed by atoms with Gasteiger partial charge in [-0.15, -0.1) is 0 Å². The number of benzene rings is 3. The van der Waals surface area contributed by atoms with Crippen LogP contribution >= 0.6 is 0 Å². The Balaban J connectivity index is 1.60. The zero-order valence-electron chi connectivity index (χ0n) is 19.7. The van der Waals surface area contributed by atoms with Crippen LogP contribution in [0.5, 0.6) is 5.75 Å². The number of amides is 2. The summed E-state index contributed by atoms with van der Waals surface area (Å²) in [4.78, 5) is 28.6. The van der Waals surface area contributed by atoms with Gasteiger partial charge < -0.3 is 15.0 Å². The molecule has 1 aliphatic carbocycles. The molecule has 0 saturated heterocycles. The van der Waals surface area contributed by atoms with Crippen LogP contribution in [0.3, 0.4) is 0 Å². The standard InChI is InChI=1S/C29H31FN2O3/c30-24-17-15-23(16-18-24)20-32(28(33)21-35-26-13-5-2-6-14-26)27(19-22-9-3-1-4-10-22)29(34)31-25-11-7-8-12-25/h1-6,9-10,13-18,25,27H,7-8,11-12,19-21H2,(H,31,34). The van der Waals surface area contributed by atoms with Crippen molar-refractivity contribution in [3.8, 4) is 5.75 Å². The van der Waals surface area contributed by atoms with E-state index in [4.69, 9.17) is 4.74 Å². The lowest BCUT2D eigenvalue weighted by atomic mass is 10.0.